The van der Waals surface area contributed by atoms with Crippen LogP contribution in [0.15, 0.2) is 53.4 Å². The van der Waals surface area contributed by atoms with E-state index in [2.05, 4.69) is 0 Å². The molecule has 1 aliphatic heterocycles. The van der Waals surface area contributed by atoms with Gasteiger partial charge in [0.1, 0.15) is 23.4 Å². The van der Waals surface area contributed by atoms with Gasteiger partial charge in [-0.25, -0.2) is 8.42 Å². The second-order valence-corrected chi connectivity index (χ2v) is 7.46. The summed E-state index contributed by atoms with van der Waals surface area (Å²) < 4.78 is 37.8. The van der Waals surface area contributed by atoms with Crippen molar-refractivity contribution in [3.8, 4) is 5.75 Å². The first-order valence-corrected chi connectivity index (χ1v) is 8.81. The van der Waals surface area contributed by atoms with E-state index in [0.29, 0.717) is 24.7 Å². The maximum absolute atomic E-state index is 12.9. The van der Waals surface area contributed by atoms with Crippen molar-refractivity contribution < 1.29 is 17.9 Å². The van der Waals surface area contributed by atoms with E-state index in [1.54, 1.807) is 43.4 Å². The van der Waals surface area contributed by atoms with E-state index in [1.165, 1.54) is 4.31 Å². The third-order valence-electron chi connectivity index (χ3n) is 3.71. The van der Waals surface area contributed by atoms with Crippen LogP contribution < -0.4 is 9.04 Å². The predicted molar refractivity (Wildman–Crippen MR) is 88.4 cm³/mol. The smallest absolute Gasteiger partial charge is 0.267 e. The van der Waals surface area contributed by atoms with Gasteiger partial charge in [0.05, 0.1) is 12.3 Å². The molecule has 1 saturated heterocycles. The number of ether oxygens (including phenoxy) is 2. The van der Waals surface area contributed by atoms with Gasteiger partial charge in [-0.1, -0.05) is 29.8 Å². The average Bonchev–Trinajstić information content (AvgIpc) is 3.37. The molecule has 0 spiro atoms. The molecule has 0 amide bonds. The highest BCUT2D eigenvalue weighted by Gasteiger charge is 2.27. The van der Waals surface area contributed by atoms with E-state index < -0.39 is 10.0 Å². The topological polar surface area (TPSA) is 59.1 Å². The lowest BCUT2D eigenvalue weighted by atomic mass is 10.2. The van der Waals surface area contributed by atoms with Crippen LogP contribution in [-0.4, -0.2) is 34.8 Å². The number of para-hydroxylation sites is 1. The Morgan fingerprint density at radius 3 is 2.48 bits per heavy atom. The molecule has 1 atom stereocenters. The van der Waals surface area contributed by atoms with E-state index in [1.807, 2.05) is 19.1 Å². The lowest BCUT2D eigenvalue weighted by Crippen LogP contribution is -2.27. The Hall–Kier alpha value is -2.05. The fourth-order valence-corrected chi connectivity index (χ4v) is 3.50. The number of benzene rings is 2. The van der Waals surface area contributed by atoms with Crippen LogP contribution in [0.4, 0.5) is 5.69 Å². The maximum atomic E-state index is 12.9. The summed E-state index contributed by atoms with van der Waals surface area (Å²) in [5, 5.41) is 0. The Morgan fingerprint density at radius 2 is 1.83 bits per heavy atom. The number of sulfonamides is 1. The van der Waals surface area contributed by atoms with Gasteiger partial charge in [0.25, 0.3) is 10.0 Å². The van der Waals surface area contributed by atoms with Gasteiger partial charge in [-0.2, -0.15) is 0 Å². The van der Waals surface area contributed by atoms with Crippen molar-refractivity contribution in [3.05, 3.63) is 54.1 Å². The number of hydrogen-bond acceptors (Lipinski definition) is 4. The van der Waals surface area contributed by atoms with Crippen LogP contribution in [-0.2, 0) is 14.8 Å². The minimum absolute atomic E-state index is 0.0700. The summed E-state index contributed by atoms with van der Waals surface area (Å²) in [7, 11) is -2.15. The van der Waals surface area contributed by atoms with Crippen molar-refractivity contribution in [3.63, 3.8) is 0 Å². The lowest BCUT2D eigenvalue weighted by Gasteiger charge is -2.21. The normalized spacial score (nSPS) is 16.9. The van der Waals surface area contributed by atoms with Gasteiger partial charge in [0.15, 0.2) is 0 Å². The monoisotopic (exact) mass is 333 g/mol. The first-order valence-electron chi connectivity index (χ1n) is 7.37. The van der Waals surface area contributed by atoms with Crippen LogP contribution in [0.5, 0.6) is 5.75 Å². The molecule has 0 N–H and O–H groups in total. The fourth-order valence-electron chi connectivity index (χ4n) is 2.17. The Kier molecular flexibility index (Phi) is 4.28. The Bertz CT molecular complexity index is 782. The van der Waals surface area contributed by atoms with Crippen LogP contribution in [0, 0.1) is 6.92 Å². The Morgan fingerprint density at radius 1 is 1.17 bits per heavy atom. The first kappa shape index (κ1) is 15.8. The second kappa shape index (κ2) is 6.22. The Balaban J connectivity index is 1.90. The SMILES string of the molecule is Cc1ccc(N(C)S(=O)(=O)c2ccccc2OCC2CO2)cc1. The van der Waals surface area contributed by atoms with Gasteiger partial charge < -0.3 is 9.47 Å². The minimum Gasteiger partial charge on any atom is -0.489 e. The van der Waals surface area contributed by atoms with Gasteiger partial charge >= 0.3 is 0 Å². The van der Waals surface area contributed by atoms with Crippen LogP contribution in [0.25, 0.3) is 0 Å². The number of hydrogen-bond donors (Lipinski definition) is 0. The van der Waals surface area contributed by atoms with Crippen molar-refractivity contribution in [2.45, 2.75) is 17.9 Å². The molecule has 2 aromatic carbocycles. The van der Waals surface area contributed by atoms with Gasteiger partial charge in [0, 0.05) is 7.05 Å². The molecule has 0 radical (unpaired) electrons. The van der Waals surface area contributed by atoms with Crippen LogP contribution in [0.2, 0.25) is 0 Å². The van der Waals surface area contributed by atoms with E-state index in [4.69, 9.17) is 9.47 Å². The molecule has 1 unspecified atom stereocenters. The second-order valence-electron chi connectivity index (χ2n) is 5.52. The predicted octanol–water partition coefficient (Wildman–Crippen LogP) is 2.60. The zero-order valence-corrected chi connectivity index (χ0v) is 13.9. The molecule has 1 aliphatic rings. The largest absolute Gasteiger partial charge is 0.489 e. The van der Waals surface area contributed by atoms with Gasteiger partial charge in [-0.3, -0.25) is 4.31 Å². The quantitative estimate of drug-likeness (QED) is 0.763. The third kappa shape index (κ3) is 3.48. The van der Waals surface area contributed by atoms with E-state index in [-0.39, 0.29) is 11.0 Å². The molecule has 0 saturated carbocycles. The number of epoxide rings is 1. The highest BCUT2D eigenvalue weighted by Crippen LogP contribution is 2.29. The highest BCUT2D eigenvalue weighted by atomic mass is 32.2. The summed E-state index contributed by atoms with van der Waals surface area (Å²) in [6.07, 6.45) is 0.0700. The molecule has 2 aromatic rings. The zero-order valence-electron chi connectivity index (χ0n) is 13.1. The van der Waals surface area contributed by atoms with Gasteiger partial charge in [-0.05, 0) is 31.2 Å². The van der Waals surface area contributed by atoms with Crippen LogP contribution in [0.1, 0.15) is 5.56 Å². The Labute approximate surface area is 136 Å². The highest BCUT2D eigenvalue weighted by molar-refractivity contribution is 7.92. The molecule has 3 rings (SSSR count). The van der Waals surface area contributed by atoms with E-state index in [9.17, 15) is 8.42 Å². The lowest BCUT2D eigenvalue weighted by molar-refractivity contribution is 0.258. The summed E-state index contributed by atoms with van der Waals surface area (Å²) in [4.78, 5) is 0.156. The average molecular weight is 333 g/mol. The van der Waals surface area contributed by atoms with Crippen molar-refractivity contribution >= 4 is 15.7 Å². The van der Waals surface area contributed by atoms with Crippen molar-refractivity contribution in [2.75, 3.05) is 24.6 Å². The fraction of sp³-hybridized carbons (Fsp3) is 0.294. The molecule has 1 fully saturated rings. The molecule has 23 heavy (non-hydrogen) atoms. The molecule has 0 aromatic heterocycles. The summed E-state index contributed by atoms with van der Waals surface area (Å²) in [5.74, 6) is 0.349. The summed E-state index contributed by atoms with van der Waals surface area (Å²) in [6, 6.07) is 14.0. The first-order chi connectivity index (χ1) is 11.0. The van der Waals surface area contributed by atoms with Gasteiger partial charge in [-0.15, -0.1) is 0 Å². The number of nitrogens with zero attached hydrogens (tertiary/aromatic N) is 1. The van der Waals surface area contributed by atoms with E-state index in [0.717, 1.165) is 5.56 Å². The summed E-state index contributed by atoms with van der Waals surface area (Å²) in [5.41, 5.74) is 1.68. The molecule has 0 bridgehead atoms. The molecule has 0 aliphatic carbocycles. The summed E-state index contributed by atoms with van der Waals surface area (Å²) in [6.45, 7) is 2.99. The molecule has 1 heterocycles. The molecular weight excluding hydrogens is 314 g/mol. The molecular formula is C17H19NO4S. The number of rotatable bonds is 6. The number of anilines is 1. The third-order valence-corrected chi connectivity index (χ3v) is 5.54. The zero-order chi connectivity index (χ0) is 16.4. The molecule has 6 heteroatoms. The molecule has 122 valence electrons. The standard InChI is InChI=1S/C17H19NO4S/c1-13-7-9-14(10-8-13)18(2)23(19,20)17-6-4-3-5-16(17)22-12-15-11-21-15/h3-10,15H,11-12H2,1-2H3. The van der Waals surface area contributed by atoms with Gasteiger partial charge in [0.2, 0.25) is 0 Å². The molecule has 5 nitrogen and oxygen atoms in total. The van der Waals surface area contributed by atoms with Crippen LogP contribution in [0.3, 0.4) is 0 Å². The van der Waals surface area contributed by atoms with Crippen molar-refractivity contribution in [1.29, 1.82) is 0 Å². The summed E-state index contributed by atoms with van der Waals surface area (Å²) >= 11 is 0. The van der Waals surface area contributed by atoms with E-state index >= 15 is 0 Å². The van der Waals surface area contributed by atoms with Crippen LogP contribution >= 0.6 is 0 Å². The number of aryl methyl sites for hydroxylation is 1. The maximum Gasteiger partial charge on any atom is 0.267 e. The van der Waals surface area contributed by atoms with Crippen molar-refractivity contribution in [2.24, 2.45) is 0 Å². The van der Waals surface area contributed by atoms with Crippen molar-refractivity contribution in [1.82, 2.24) is 0 Å². The minimum atomic E-state index is -3.70.